The first-order valence-electron chi connectivity index (χ1n) is 10.1. The first-order chi connectivity index (χ1) is 12.7. The van der Waals surface area contributed by atoms with E-state index in [0.717, 1.165) is 45.3 Å². The van der Waals surface area contributed by atoms with Crippen molar-refractivity contribution in [3.63, 3.8) is 0 Å². The molecule has 5 nitrogen and oxygen atoms in total. The molecule has 2 amide bonds. The lowest BCUT2D eigenvalue weighted by Gasteiger charge is -2.38. The summed E-state index contributed by atoms with van der Waals surface area (Å²) < 4.78 is 0. The number of hydrogen-bond acceptors (Lipinski definition) is 3. The Kier molecular flexibility index (Phi) is 4.98. The summed E-state index contributed by atoms with van der Waals surface area (Å²) in [5, 5.41) is 0. The molecule has 0 bridgehead atoms. The summed E-state index contributed by atoms with van der Waals surface area (Å²) >= 11 is 0. The van der Waals surface area contributed by atoms with Crippen LogP contribution in [-0.4, -0.2) is 64.8 Å². The van der Waals surface area contributed by atoms with Gasteiger partial charge in [-0.1, -0.05) is 24.3 Å². The van der Waals surface area contributed by atoms with Gasteiger partial charge in [0.2, 0.25) is 11.8 Å². The van der Waals surface area contributed by atoms with Crippen LogP contribution in [0.5, 0.6) is 0 Å². The standard InChI is InChI=1S/C21H29N3O2/c1-2-24(18-9-10-18)20(25)15-23-14-17-8-4-3-7-16(17)13-19(23)21(26)22-11-5-6-12-22/h3-4,7-8,18-19H,2,5-6,9-15H2,1H3. The van der Waals surface area contributed by atoms with Crippen LogP contribution in [0.1, 0.15) is 43.7 Å². The van der Waals surface area contributed by atoms with Gasteiger partial charge in [-0.3, -0.25) is 14.5 Å². The minimum atomic E-state index is -0.204. The maximum Gasteiger partial charge on any atom is 0.240 e. The molecular weight excluding hydrogens is 326 g/mol. The quantitative estimate of drug-likeness (QED) is 0.812. The predicted octanol–water partition coefficient (Wildman–Crippen LogP) is 2.05. The van der Waals surface area contributed by atoms with Gasteiger partial charge in [0, 0.05) is 32.2 Å². The van der Waals surface area contributed by atoms with Gasteiger partial charge in [0.1, 0.15) is 0 Å². The van der Waals surface area contributed by atoms with Crippen molar-refractivity contribution >= 4 is 11.8 Å². The molecule has 3 aliphatic rings. The number of fused-ring (bicyclic) bond motifs is 1. The van der Waals surface area contributed by atoms with Crippen LogP contribution in [0.4, 0.5) is 0 Å². The number of hydrogen-bond donors (Lipinski definition) is 0. The predicted molar refractivity (Wildman–Crippen MR) is 101 cm³/mol. The lowest BCUT2D eigenvalue weighted by molar-refractivity contribution is -0.140. The molecule has 4 rings (SSSR count). The van der Waals surface area contributed by atoms with E-state index in [1.807, 2.05) is 21.9 Å². The molecule has 1 aromatic carbocycles. The molecule has 1 unspecified atom stereocenters. The van der Waals surface area contributed by atoms with Gasteiger partial charge < -0.3 is 9.80 Å². The molecule has 5 heteroatoms. The monoisotopic (exact) mass is 355 g/mol. The molecule has 1 atom stereocenters. The molecule has 2 heterocycles. The summed E-state index contributed by atoms with van der Waals surface area (Å²) in [6, 6.07) is 8.57. The van der Waals surface area contributed by atoms with Crippen LogP contribution in [0, 0.1) is 0 Å². The second-order valence-electron chi connectivity index (χ2n) is 7.84. The average molecular weight is 355 g/mol. The first kappa shape index (κ1) is 17.5. The van der Waals surface area contributed by atoms with Crippen LogP contribution in [0.3, 0.4) is 0 Å². The Bertz CT molecular complexity index is 680. The van der Waals surface area contributed by atoms with E-state index in [2.05, 4.69) is 24.0 Å². The van der Waals surface area contributed by atoms with Crippen LogP contribution in [0.2, 0.25) is 0 Å². The highest BCUT2D eigenvalue weighted by molar-refractivity contribution is 5.85. The summed E-state index contributed by atoms with van der Waals surface area (Å²) in [6.45, 7) is 5.58. The summed E-state index contributed by atoms with van der Waals surface area (Å²) in [4.78, 5) is 32.1. The third kappa shape index (κ3) is 3.50. The zero-order valence-corrected chi connectivity index (χ0v) is 15.7. The van der Waals surface area contributed by atoms with Crippen LogP contribution in [0.25, 0.3) is 0 Å². The third-order valence-electron chi connectivity index (χ3n) is 6.04. The molecule has 0 spiro atoms. The number of carbonyl (C=O) groups is 2. The van der Waals surface area contributed by atoms with Crippen molar-refractivity contribution in [2.75, 3.05) is 26.2 Å². The van der Waals surface area contributed by atoms with Crippen molar-refractivity contribution < 1.29 is 9.59 Å². The zero-order valence-electron chi connectivity index (χ0n) is 15.7. The molecule has 0 radical (unpaired) electrons. The van der Waals surface area contributed by atoms with E-state index < -0.39 is 0 Å². The first-order valence-corrected chi connectivity index (χ1v) is 10.1. The van der Waals surface area contributed by atoms with Crippen LogP contribution in [0.15, 0.2) is 24.3 Å². The van der Waals surface area contributed by atoms with Crippen molar-refractivity contribution in [2.24, 2.45) is 0 Å². The fourth-order valence-electron chi connectivity index (χ4n) is 4.42. The van der Waals surface area contributed by atoms with Crippen molar-refractivity contribution in [3.05, 3.63) is 35.4 Å². The topological polar surface area (TPSA) is 43.9 Å². The zero-order chi connectivity index (χ0) is 18.1. The number of carbonyl (C=O) groups excluding carboxylic acids is 2. The molecule has 2 fully saturated rings. The van der Waals surface area contributed by atoms with Gasteiger partial charge in [0.25, 0.3) is 0 Å². The largest absolute Gasteiger partial charge is 0.341 e. The summed E-state index contributed by atoms with van der Waals surface area (Å²) in [5.41, 5.74) is 2.50. The molecule has 140 valence electrons. The molecule has 2 aliphatic heterocycles. The van der Waals surface area contributed by atoms with Gasteiger partial charge >= 0.3 is 0 Å². The Morgan fingerprint density at radius 2 is 1.81 bits per heavy atom. The van der Waals surface area contributed by atoms with Crippen molar-refractivity contribution in [1.29, 1.82) is 0 Å². The number of rotatable bonds is 5. The number of likely N-dealkylation sites (tertiary alicyclic amines) is 1. The minimum absolute atomic E-state index is 0.175. The summed E-state index contributed by atoms with van der Waals surface area (Å²) in [6.07, 6.45) is 5.16. The van der Waals surface area contributed by atoms with Gasteiger partial charge in [0.15, 0.2) is 0 Å². The lowest BCUT2D eigenvalue weighted by Crippen LogP contribution is -2.54. The fraction of sp³-hybridized carbons (Fsp3) is 0.619. The lowest BCUT2D eigenvalue weighted by atomic mass is 9.93. The Morgan fingerprint density at radius 3 is 2.46 bits per heavy atom. The molecular formula is C21H29N3O2. The fourth-order valence-corrected chi connectivity index (χ4v) is 4.42. The smallest absolute Gasteiger partial charge is 0.240 e. The van der Waals surface area contributed by atoms with E-state index in [4.69, 9.17) is 0 Å². The van der Waals surface area contributed by atoms with E-state index in [-0.39, 0.29) is 17.9 Å². The molecule has 1 saturated carbocycles. The molecule has 1 aliphatic carbocycles. The van der Waals surface area contributed by atoms with E-state index in [1.54, 1.807) is 0 Å². The minimum Gasteiger partial charge on any atom is -0.341 e. The number of nitrogens with zero attached hydrogens (tertiary/aromatic N) is 3. The maximum absolute atomic E-state index is 13.1. The second kappa shape index (κ2) is 7.39. The highest BCUT2D eigenvalue weighted by Gasteiger charge is 2.38. The van der Waals surface area contributed by atoms with E-state index >= 15 is 0 Å². The molecule has 0 aromatic heterocycles. The van der Waals surface area contributed by atoms with Crippen molar-refractivity contribution in [3.8, 4) is 0 Å². The van der Waals surface area contributed by atoms with Crippen LogP contribution in [-0.2, 0) is 22.6 Å². The SMILES string of the molecule is CCN(C(=O)CN1Cc2ccccc2CC1C(=O)N1CCCC1)C1CC1. The van der Waals surface area contributed by atoms with Crippen LogP contribution < -0.4 is 0 Å². The van der Waals surface area contributed by atoms with Crippen LogP contribution >= 0.6 is 0 Å². The van der Waals surface area contributed by atoms with Gasteiger partial charge in [0.05, 0.1) is 12.6 Å². The Balaban J connectivity index is 1.54. The maximum atomic E-state index is 13.1. The van der Waals surface area contributed by atoms with Gasteiger partial charge in [-0.25, -0.2) is 0 Å². The van der Waals surface area contributed by atoms with Crippen molar-refractivity contribution in [2.45, 2.75) is 57.7 Å². The van der Waals surface area contributed by atoms with E-state index in [1.165, 1.54) is 11.1 Å². The van der Waals surface area contributed by atoms with Gasteiger partial charge in [-0.15, -0.1) is 0 Å². The Morgan fingerprint density at radius 1 is 1.12 bits per heavy atom. The number of benzene rings is 1. The van der Waals surface area contributed by atoms with Gasteiger partial charge in [-0.05, 0) is 50.2 Å². The number of likely N-dealkylation sites (N-methyl/N-ethyl adjacent to an activating group) is 1. The molecule has 1 aromatic rings. The molecule has 1 saturated heterocycles. The number of amides is 2. The third-order valence-corrected chi connectivity index (χ3v) is 6.04. The van der Waals surface area contributed by atoms with E-state index in [0.29, 0.717) is 25.6 Å². The normalized spacial score (nSPS) is 23.0. The summed E-state index contributed by atoms with van der Waals surface area (Å²) in [5.74, 6) is 0.382. The van der Waals surface area contributed by atoms with E-state index in [9.17, 15) is 9.59 Å². The van der Waals surface area contributed by atoms with Crippen molar-refractivity contribution in [1.82, 2.24) is 14.7 Å². The molecule has 0 N–H and O–H groups in total. The highest BCUT2D eigenvalue weighted by atomic mass is 16.2. The Labute approximate surface area is 155 Å². The molecule has 26 heavy (non-hydrogen) atoms. The Hall–Kier alpha value is -1.88. The van der Waals surface area contributed by atoms with Gasteiger partial charge in [-0.2, -0.15) is 0 Å². The summed E-state index contributed by atoms with van der Waals surface area (Å²) in [7, 11) is 0. The highest BCUT2D eigenvalue weighted by Crippen LogP contribution is 2.29. The average Bonchev–Trinajstić information content (AvgIpc) is 3.33. The second-order valence-corrected chi connectivity index (χ2v) is 7.84.